The Bertz CT molecular complexity index is 662. The molecule has 102 valence electrons. The average molecular weight is 267 g/mol. The van der Waals surface area contributed by atoms with E-state index < -0.39 is 0 Å². The van der Waals surface area contributed by atoms with Crippen molar-refractivity contribution in [3.05, 3.63) is 36.0 Å². The summed E-state index contributed by atoms with van der Waals surface area (Å²) >= 11 is 0. The molecule has 20 heavy (non-hydrogen) atoms. The summed E-state index contributed by atoms with van der Waals surface area (Å²) in [5, 5.41) is 10.2. The number of nitrogens with zero attached hydrogens (tertiary/aromatic N) is 2. The van der Waals surface area contributed by atoms with Gasteiger partial charge in [-0.15, -0.1) is 0 Å². The molecule has 1 fully saturated rings. The number of benzene rings is 1. The first-order valence-electron chi connectivity index (χ1n) is 6.98. The first kappa shape index (κ1) is 12.9. The van der Waals surface area contributed by atoms with E-state index in [2.05, 4.69) is 11.1 Å². The minimum absolute atomic E-state index is 0.0941. The normalized spacial score (nSPS) is 22.4. The molecule has 1 aliphatic rings. The molecule has 0 aliphatic heterocycles. The second-order valence-corrected chi connectivity index (χ2v) is 5.30. The monoisotopic (exact) mass is 267 g/mol. The Labute approximate surface area is 118 Å². The topological polar surface area (TPSA) is 71.9 Å². The van der Waals surface area contributed by atoms with Gasteiger partial charge in [0.25, 0.3) is 0 Å². The number of nitriles is 1. The third-order valence-corrected chi connectivity index (χ3v) is 3.80. The molecule has 0 radical (unpaired) electrons. The molecule has 4 nitrogen and oxygen atoms in total. The highest BCUT2D eigenvalue weighted by atomic mass is 16.5. The Morgan fingerprint density at radius 3 is 2.95 bits per heavy atom. The summed E-state index contributed by atoms with van der Waals surface area (Å²) in [7, 11) is 0. The molecule has 0 bridgehead atoms. The van der Waals surface area contributed by atoms with Gasteiger partial charge in [-0.1, -0.05) is 12.1 Å². The van der Waals surface area contributed by atoms with E-state index in [0.29, 0.717) is 11.3 Å². The van der Waals surface area contributed by atoms with Crippen LogP contribution in [0.3, 0.4) is 0 Å². The number of pyridine rings is 1. The Kier molecular flexibility index (Phi) is 3.53. The van der Waals surface area contributed by atoms with Crippen LogP contribution in [0.25, 0.3) is 10.9 Å². The van der Waals surface area contributed by atoms with Gasteiger partial charge in [-0.3, -0.25) is 4.98 Å². The van der Waals surface area contributed by atoms with E-state index in [1.807, 2.05) is 24.3 Å². The molecule has 0 amide bonds. The van der Waals surface area contributed by atoms with E-state index in [9.17, 15) is 5.26 Å². The molecule has 2 atom stereocenters. The highest BCUT2D eigenvalue weighted by molar-refractivity contribution is 5.87. The van der Waals surface area contributed by atoms with Crippen LogP contribution in [0.1, 0.15) is 31.2 Å². The predicted molar refractivity (Wildman–Crippen MR) is 77.3 cm³/mol. The molecule has 2 aromatic rings. The smallest absolute Gasteiger partial charge is 0.148 e. The lowest BCUT2D eigenvalue weighted by Crippen LogP contribution is -2.33. The van der Waals surface area contributed by atoms with Gasteiger partial charge in [0.2, 0.25) is 0 Å². The van der Waals surface area contributed by atoms with Gasteiger partial charge in [0.05, 0.1) is 5.52 Å². The van der Waals surface area contributed by atoms with Crippen molar-refractivity contribution >= 4 is 10.9 Å². The van der Waals surface area contributed by atoms with Crippen molar-refractivity contribution < 1.29 is 4.74 Å². The molecule has 1 aromatic carbocycles. The molecule has 1 aliphatic carbocycles. The van der Waals surface area contributed by atoms with Crippen LogP contribution in [0.5, 0.6) is 5.75 Å². The second kappa shape index (κ2) is 5.48. The minimum atomic E-state index is 0.0941. The number of hydrogen-bond donors (Lipinski definition) is 1. The molecule has 1 aromatic heterocycles. The largest absolute Gasteiger partial charge is 0.488 e. The lowest BCUT2D eigenvalue weighted by Gasteiger charge is -2.28. The molecule has 0 saturated heterocycles. The number of fused-ring (bicyclic) bond motifs is 1. The number of rotatable bonds is 2. The zero-order valence-corrected chi connectivity index (χ0v) is 11.2. The van der Waals surface area contributed by atoms with Crippen LogP contribution >= 0.6 is 0 Å². The first-order valence-corrected chi connectivity index (χ1v) is 6.98. The first-order chi connectivity index (χ1) is 9.78. The van der Waals surface area contributed by atoms with Crippen LogP contribution < -0.4 is 10.5 Å². The van der Waals surface area contributed by atoms with Crippen LogP contribution in [0, 0.1) is 11.3 Å². The van der Waals surface area contributed by atoms with Gasteiger partial charge in [-0.05, 0) is 37.8 Å². The molecule has 2 N–H and O–H groups in total. The van der Waals surface area contributed by atoms with Crippen molar-refractivity contribution in [2.75, 3.05) is 0 Å². The van der Waals surface area contributed by atoms with E-state index in [0.717, 1.165) is 36.6 Å². The van der Waals surface area contributed by atoms with Crippen molar-refractivity contribution in [2.24, 2.45) is 5.73 Å². The highest BCUT2D eigenvalue weighted by Gasteiger charge is 2.22. The van der Waals surface area contributed by atoms with Crippen LogP contribution in [-0.4, -0.2) is 17.1 Å². The van der Waals surface area contributed by atoms with E-state index >= 15 is 0 Å². The van der Waals surface area contributed by atoms with Gasteiger partial charge >= 0.3 is 0 Å². The zero-order chi connectivity index (χ0) is 13.9. The number of ether oxygens (including phenoxy) is 1. The summed E-state index contributed by atoms with van der Waals surface area (Å²) in [6.07, 6.45) is 5.66. The third kappa shape index (κ3) is 2.45. The molecule has 1 saturated carbocycles. The Hall–Kier alpha value is -2.12. The zero-order valence-electron chi connectivity index (χ0n) is 11.2. The lowest BCUT2D eigenvalue weighted by atomic mass is 9.93. The van der Waals surface area contributed by atoms with Crippen LogP contribution in [0.15, 0.2) is 30.5 Å². The lowest BCUT2D eigenvalue weighted by molar-refractivity contribution is 0.146. The molecular weight excluding hydrogens is 250 g/mol. The highest BCUT2D eigenvalue weighted by Crippen LogP contribution is 2.31. The fourth-order valence-corrected chi connectivity index (χ4v) is 2.78. The maximum Gasteiger partial charge on any atom is 0.148 e. The summed E-state index contributed by atoms with van der Waals surface area (Å²) in [6, 6.07) is 10.1. The molecule has 0 spiro atoms. The van der Waals surface area contributed by atoms with Gasteiger partial charge in [-0.25, -0.2) is 0 Å². The van der Waals surface area contributed by atoms with Crippen LogP contribution in [0.4, 0.5) is 0 Å². The number of nitrogens with two attached hydrogens (primary N) is 1. The van der Waals surface area contributed by atoms with Gasteiger partial charge in [0.1, 0.15) is 23.5 Å². The molecule has 1 heterocycles. The molecule has 4 heteroatoms. The maximum absolute atomic E-state index is 9.26. The van der Waals surface area contributed by atoms with Gasteiger partial charge in [-0.2, -0.15) is 5.26 Å². The van der Waals surface area contributed by atoms with Crippen molar-refractivity contribution in [1.29, 1.82) is 5.26 Å². The average Bonchev–Trinajstić information content (AvgIpc) is 2.48. The van der Waals surface area contributed by atoms with Crippen LogP contribution in [0.2, 0.25) is 0 Å². The summed E-state index contributed by atoms with van der Waals surface area (Å²) in [5.74, 6) is 0.650. The summed E-state index contributed by atoms with van der Waals surface area (Å²) < 4.78 is 6.12. The molecular formula is C16H17N3O. The van der Waals surface area contributed by atoms with Crippen molar-refractivity contribution in [3.63, 3.8) is 0 Å². The number of aromatic nitrogens is 1. The number of para-hydroxylation sites is 1. The third-order valence-electron chi connectivity index (χ3n) is 3.80. The van der Waals surface area contributed by atoms with Crippen LogP contribution in [-0.2, 0) is 0 Å². The Morgan fingerprint density at radius 1 is 1.30 bits per heavy atom. The molecule has 2 unspecified atom stereocenters. The fraction of sp³-hybridized carbons (Fsp3) is 0.375. The number of hydrogen-bond acceptors (Lipinski definition) is 4. The fourth-order valence-electron chi connectivity index (χ4n) is 2.78. The summed E-state index contributed by atoms with van der Waals surface area (Å²) in [5.41, 5.74) is 7.34. The summed E-state index contributed by atoms with van der Waals surface area (Å²) in [4.78, 5) is 4.29. The predicted octanol–water partition coefficient (Wildman–Crippen LogP) is 2.76. The quantitative estimate of drug-likeness (QED) is 0.908. The van der Waals surface area contributed by atoms with E-state index in [4.69, 9.17) is 10.5 Å². The SMILES string of the molecule is N#Cc1cnc2ccccc2c1OC1CCCC(N)C1. The van der Waals surface area contributed by atoms with Gasteiger partial charge in [0, 0.05) is 17.6 Å². The Balaban J connectivity index is 1.98. The van der Waals surface area contributed by atoms with Crippen molar-refractivity contribution in [1.82, 2.24) is 4.98 Å². The maximum atomic E-state index is 9.26. The van der Waals surface area contributed by atoms with E-state index in [-0.39, 0.29) is 12.1 Å². The minimum Gasteiger partial charge on any atom is -0.488 e. The van der Waals surface area contributed by atoms with E-state index in [1.165, 1.54) is 0 Å². The van der Waals surface area contributed by atoms with Crippen molar-refractivity contribution in [2.45, 2.75) is 37.8 Å². The summed E-state index contributed by atoms with van der Waals surface area (Å²) in [6.45, 7) is 0. The second-order valence-electron chi connectivity index (χ2n) is 5.30. The van der Waals surface area contributed by atoms with E-state index in [1.54, 1.807) is 6.20 Å². The van der Waals surface area contributed by atoms with Crippen molar-refractivity contribution in [3.8, 4) is 11.8 Å². The van der Waals surface area contributed by atoms with Gasteiger partial charge < -0.3 is 10.5 Å². The van der Waals surface area contributed by atoms with Gasteiger partial charge in [0.15, 0.2) is 0 Å². The Morgan fingerprint density at radius 2 is 2.15 bits per heavy atom. The standard InChI is InChI=1S/C16H17N3O/c17-9-11-10-19-15-7-2-1-6-14(15)16(11)20-13-5-3-4-12(18)8-13/h1-2,6-7,10,12-13H,3-5,8,18H2. The molecule has 3 rings (SSSR count).